The molecule has 0 saturated heterocycles. The van der Waals surface area contributed by atoms with E-state index in [1.165, 1.54) is 6.92 Å². The predicted molar refractivity (Wildman–Crippen MR) is 96.4 cm³/mol. The Morgan fingerprint density at radius 3 is 2.63 bits per heavy atom. The van der Waals surface area contributed by atoms with Crippen LogP contribution in [0.2, 0.25) is 0 Å². The van der Waals surface area contributed by atoms with Gasteiger partial charge in [-0.1, -0.05) is 12.1 Å². The highest BCUT2D eigenvalue weighted by Crippen LogP contribution is 2.16. The first-order valence-corrected chi connectivity index (χ1v) is 8.50. The van der Waals surface area contributed by atoms with E-state index in [1.54, 1.807) is 0 Å². The average molecular weight is 377 g/mol. The Hall–Kier alpha value is -2.96. The summed E-state index contributed by atoms with van der Waals surface area (Å²) in [5.74, 6) is -2.21. The molecule has 7 heteroatoms. The first-order valence-electron chi connectivity index (χ1n) is 8.50. The Morgan fingerprint density at radius 2 is 1.93 bits per heavy atom. The summed E-state index contributed by atoms with van der Waals surface area (Å²) in [5, 5.41) is 2.25. The fraction of sp³-hybridized carbons (Fsp3) is 0.300. The zero-order chi connectivity index (χ0) is 19.8. The number of halogens is 2. The monoisotopic (exact) mass is 377 g/mol. The Bertz CT molecular complexity index is 810. The van der Waals surface area contributed by atoms with Gasteiger partial charge in [-0.3, -0.25) is 9.59 Å². The van der Waals surface area contributed by atoms with Crippen molar-refractivity contribution in [1.82, 2.24) is 0 Å². The second-order valence-electron chi connectivity index (χ2n) is 6.01. The molecule has 0 spiro atoms. The molecule has 0 heterocycles. The molecule has 1 amide bonds. The lowest BCUT2D eigenvalue weighted by molar-refractivity contribution is -0.153. The number of hydrogen-bond acceptors (Lipinski definition) is 4. The molecular formula is C20H21F2NO4. The minimum atomic E-state index is -1.11. The van der Waals surface area contributed by atoms with Crippen LogP contribution in [0.4, 0.5) is 14.5 Å². The van der Waals surface area contributed by atoms with Crippen LogP contribution in [0, 0.1) is 18.6 Å². The van der Waals surface area contributed by atoms with Crippen molar-refractivity contribution in [2.75, 3.05) is 11.9 Å². The molecule has 0 aromatic heterocycles. The lowest BCUT2D eigenvalue weighted by Gasteiger charge is -2.14. The molecule has 2 aromatic rings. The number of carbonyl (C=O) groups excluding carboxylic acids is 2. The van der Waals surface area contributed by atoms with Gasteiger partial charge in [0.15, 0.2) is 6.10 Å². The summed E-state index contributed by atoms with van der Waals surface area (Å²) in [6.45, 7) is 3.66. The lowest BCUT2D eigenvalue weighted by atomic mass is 10.2. The number of hydrogen-bond donors (Lipinski definition) is 1. The van der Waals surface area contributed by atoms with E-state index in [0.717, 1.165) is 23.4 Å². The smallest absolute Gasteiger partial charge is 0.306 e. The topological polar surface area (TPSA) is 64.6 Å². The molecule has 0 bridgehead atoms. The lowest BCUT2D eigenvalue weighted by Crippen LogP contribution is -2.30. The Labute approximate surface area is 156 Å². The van der Waals surface area contributed by atoms with E-state index in [9.17, 15) is 18.4 Å². The van der Waals surface area contributed by atoms with Crippen molar-refractivity contribution in [2.45, 2.75) is 32.8 Å². The zero-order valence-electron chi connectivity index (χ0n) is 15.1. The maximum atomic E-state index is 13.5. The van der Waals surface area contributed by atoms with E-state index in [1.807, 2.05) is 31.2 Å². The van der Waals surface area contributed by atoms with Gasteiger partial charge in [0.25, 0.3) is 5.91 Å². The molecular weight excluding hydrogens is 356 g/mol. The quantitative estimate of drug-likeness (QED) is 0.558. The number of anilines is 1. The number of amides is 1. The van der Waals surface area contributed by atoms with Crippen LogP contribution in [0.25, 0.3) is 0 Å². The van der Waals surface area contributed by atoms with Crippen molar-refractivity contribution < 1.29 is 27.8 Å². The van der Waals surface area contributed by atoms with Crippen LogP contribution >= 0.6 is 0 Å². The third-order valence-electron chi connectivity index (χ3n) is 3.65. The van der Waals surface area contributed by atoms with E-state index in [-0.39, 0.29) is 12.1 Å². The van der Waals surface area contributed by atoms with Crippen LogP contribution in [0.3, 0.4) is 0 Å². The Balaban J connectivity index is 1.71. The zero-order valence-corrected chi connectivity index (χ0v) is 15.1. The summed E-state index contributed by atoms with van der Waals surface area (Å²) in [6, 6.07) is 10.3. The number of benzene rings is 2. The van der Waals surface area contributed by atoms with Crippen molar-refractivity contribution in [1.29, 1.82) is 0 Å². The average Bonchev–Trinajstić information content (AvgIpc) is 2.61. The summed E-state index contributed by atoms with van der Waals surface area (Å²) in [5.41, 5.74) is 0.889. The van der Waals surface area contributed by atoms with E-state index in [0.29, 0.717) is 19.1 Å². The van der Waals surface area contributed by atoms with Gasteiger partial charge in [0, 0.05) is 12.5 Å². The van der Waals surface area contributed by atoms with Gasteiger partial charge in [-0.2, -0.15) is 0 Å². The van der Waals surface area contributed by atoms with Gasteiger partial charge < -0.3 is 14.8 Å². The minimum Gasteiger partial charge on any atom is -0.494 e. The summed E-state index contributed by atoms with van der Waals surface area (Å²) in [4.78, 5) is 23.8. The van der Waals surface area contributed by atoms with Crippen LogP contribution in [-0.4, -0.2) is 24.6 Å². The third kappa shape index (κ3) is 6.69. The van der Waals surface area contributed by atoms with Crippen molar-refractivity contribution in [2.24, 2.45) is 0 Å². The van der Waals surface area contributed by atoms with Gasteiger partial charge in [-0.15, -0.1) is 0 Å². The Morgan fingerprint density at radius 1 is 1.15 bits per heavy atom. The molecule has 2 rings (SSSR count). The van der Waals surface area contributed by atoms with E-state index in [2.05, 4.69) is 5.32 Å². The predicted octanol–water partition coefficient (Wildman–Crippen LogP) is 4.00. The van der Waals surface area contributed by atoms with E-state index in [4.69, 9.17) is 9.47 Å². The molecule has 0 aliphatic heterocycles. The summed E-state index contributed by atoms with van der Waals surface area (Å²) < 4.78 is 36.9. The highest BCUT2D eigenvalue weighted by molar-refractivity contribution is 5.95. The third-order valence-corrected chi connectivity index (χ3v) is 3.65. The number of rotatable bonds is 8. The van der Waals surface area contributed by atoms with E-state index >= 15 is 0 Å². The second kappa shape index (κ2) is 9.66. The molecule has 2 aromatic carbocycles. The van der Waals surface area contributed by atoms with Crippen LogP contribution in [0.5, 0.6) is 5.75 Å². The number of nitrogens with one attached hydrogen (secondary N) is 1. The molecule has 0 aliphatic rings. The molecule has 0 unspecified atom stereocenters. The van der Waals surface area contributed by atoms with Gasteiger partial charge >= 0.3 is 5.97 Å². The normalized spacial score (nSPS) is 11.6. The summed E-state index contributed by atoms with van der Waals surface area (Å²) in [7, 11) is 0. The standard InChI is InChI=1S/C20H21F2NO4/c1-13-5-3-6-16(11-13)26-10-4-7-19(24)27-14(2)20(25)23-18-9-8-15(21)12-17(18)22/h3,5-6,8-9,11-12,14H,4,7,10H2,1-2H3,(H,23,25)/t14-/m0/s1. The molecule has 0 saturated carbocycles. The second-order valence-corrected chi connectivity index (χ2v) is 6.01. The molecule has 27 heavy (non-hydrogen) atoms. The highest BCUT2D eigenvalue weighted by atomic mass is 19.1. The number of carbonyl (C=O) groups is 2. The van der Waals surface area contributed by atoms with E-state index < -0.39 is 29.6 Å². The fourth-order valence-electron chi connectivity index (χ4n) is 2.25. The van der Waals surface area contributed by atoms with Crippen LogP contribution in [-0.2, 0) is 14.3 Å². The van der Waals surface area contributed by atoms with Gasteiger partial charge in [0.05, 0.1) is 12.3 Å². The molecule has 144 valence electrons. The van der Waals surface area contributed by atoms with Crippen molar-refractivity contribution >= 4 is 17.6 Å². The number of esters is 1. The van der Waals surface area contributed by atoms with Crippen LogP contribution < -0.4 is 10.1 Å². The van der Waals surface area contributed by atoms with Crippen molar-refractivity contribution in [3.63, 3.8) is 0 Å². The fourth-order valence-corrected chi connectivity index (χ4v) is 2.25. The first kappa shape index (κ1) is 20.4. The maximum Gasteiger partial charge on any atom is 0.306 e. The summed E-state index contributed by atoms with van der Waals surface area (Å²) in [6.07, 6.45) is -0.609. The minimum absolute atomic E-state index is 0.0777. The van der Waals surface area contributed by atoms with Gasteiger partial charge in [0.2, 0.25) is 0 Å². The number of aryl methyl sites for hydroxylation is 1. The molecule has 0 radical (unpaired) electrons. The van der Waals surface area contributed by atoms with Gasteiger partial charge in [0.1, 0.15) is 17.4 Å². The van der Waals surface area contributed by atoms with Crippen molar-refractivity contribution in [3.05, 3.63) is 59.7 Å². The maximum absolute atomic E-state index is 13.5. The molecule has 0 fully saturated rings. The molecule has 1 N–H and O–H groups in total. The highest BCUT2D eigenvalue weighted by Gasteiger charge is 2.19. The first-order chi connectivity index (χ1) is 12.8. The molecule has 1 atom stereocenters. The van der Waals surface area contributed by atoms with Crippen molar-refractivity contribution in [3.8, 4) is 5.75 Å². The molecule has 0 aliphatic carbocycles. The molecule has 5 nitrogen and oxygen atoms in total. The SMILES string of the molecule is Cc1cccc(OCCCC(=O)O[C@@H](C)C(=O)Nc2ccc(F)cc2F)c1. The van der Waals surface area contributed by atoms with Gasteiger partial charge in [-0.05, 0) is 50.1 Å². The summed E-state index contributed by atoms with van der Waals surface area (Å²) >= 11 is 0. The van der Waals surface area contributed by atoms with Crippen LogP contribution in [0.1, 0.15) is 25.3 Å². The number of ether oxygens (including phenoxy) is 2. The Kier molecular flexibility index (Phi) is 7.28. The largest absolute Gasteiger partial charge is 0.494 e. The van der Waals surface area contributed by atoms with Crippen LogP contribution in [0.15, 0.2) is 42.5 Å². The van der Waals surface area contributed by atoms with Gasteiger partial charge in [-0.25, -0.2) is 8.78 Å².